The average Bonchev–Trinajstić information content (AvgIpc) is 3.00. The molecule has 0 aromatic heterocycles. The van der Waals surface area contributed by atoms with E-state index in [2.05, 4.69) is 5.32 Å². The molecule has 1 atom stereocenters. The molecule has 2 amide bonds. The van der Waals surface area contributed by atoms with Gasteiger partial charge in [0.25, 0.3) is 10.0 Å². The van der Waals surface area contributed by atoms with Crippen molar-refractivity contribution in [1.29, 1.82) is 0 Å². The van der Waals surface area contributed by atoms with Crippen LogP contribution in [-0.2, 0) is 32.2 Å². The molecule has 0 aliphatic heterocycles. The summed E-state index contributed by atoms with van der Waals surface area (Å²) in [5.74, 6) is -1.06. The lowest BCUT2D eigenvalue weighted by Gasteiger charge is -2.33. The van der Waals surface area contributed by atoms with Crippen LogP contribution in [0.2, 0.25) is 0 Å². The third-order valence-corrected chi connectivity index (χ3v) is 9.74. The minimum atomic E-state index is -4.73. The number of aryl methyl sites for hydroxylation is 1. The number of carbonyl (C=O) groups is 2. The smallest absolute Gasteiger partial charge is 0.352 e. The van der Waals surface area contributed by atoms with E-state index < -0.39 is 40.3 Å². The lowest BCUT2D eigenvalue weighted by atomic mass is 9.95. The van der Waals surface area contributed by atoms with Crippen molar-refractivity contribution in [2.24, 2.45) is 0 Å². The predicted octanol–water partition coefficient (Wildman–Crippen LogP) is 6.12. The van der Waals surface area contributed by atoms with E-state index >= 15 is 0 Å². The fourth-order valence-corrected chi connectivity index (χ4v) is 6.75. The van der Waals surface area contributed by atoms with Crippen molar-refractivity contribution in [3.05, 3.63) is 95.6 Å². The standard InChI is InChI=1S/C33H38F3N3O4S/c1-24-16-18-30(19-17-24)44(42,43)39(29-15-9-12-27(22-29)33(34,35)36)23-31(40)38(21-20-26-10-5-3-6-11-26)25(2)32(41)37-28-13-7-4-8-14-28/h3,5-6,9-12,15-19,22,25,28H,4,7-8,13-14,20-21,23H2,1-2H3,(H,37,41). The summed E-state index contributed by atoms with van der Waals surface area (Å²) in [6.07, 6.45) is 0.444. The molecule has 3 aromatic rings. The Labute approximate surface area is 257 Å². The highest BCUT2D eigenvalue weighted by atomic mass is 32.2. The Bertz CT molecular complexity index is 1520. The van der Waals surface area contributed by atoms with E-state index in [0.717, 1.165) is 55.4 Å². The molecule has 0 radical (unpaired) electrons. The monoisotopic (exact) mass is 629 g/mol. The Balaban J connectivity index is 1.68. The van der Waals surface area contributed by atoms with E-state index in [4.69, 9.17) is 0 Å². The highest BCUT2D eigenvalue weighted by Crippen LogP contribution is 2.33. The molecule has 1 fully saturated rings. The summed E-state index contributed by atoms with van der Waals surface area (Å²) < 4.78 is 69.4. The largest absolute Gasteiger partial charge is 0.416 e. The van der Waals surface area contributed by atoms with Gasteiger partial charge in [-0.1, -0.05) is 73.4 Å². The van der Waals surface area contributed by atoms with Crippen molar-refractivity contribution in [2.45, 2.75) is 75.5 Å². The van der Waals surface area contributed by atoms with Gasteiger partial charge in [0, 0.05) is 12.6 Å². The third-order valence-electron chi connectivity index (χ3n) is 7.95. The number of carbonyl (C=O) groups excluding carboxylic acids is 2. The summed E-state index contributed by atoms with van der Waals surface area (Å²) in [7, 11) is -4.48. The maximum Gasteiger partial charge on any atom is 0.416 e. The Hall–Kier alpha value is -3.86. The number of alkyl halides is 3. The van der Waals surface area contributed by atoms with Gasteiger partial charge in [0.1, 0.15) is 12.6 Å². The number of rotatable bonds is 11. The van der Waals surface area contributed by atoms with Crippen LogP contribution in [0.4, 0.5) is 18.9 Å². The van der Waals surface area contributed by atoms with Gasteiger partial charge < -0.3 is 10.2 Å². The number of halogens is 3. The fourth-order valence-electron chi connectivity index (χ4n) is 5.34. The molecule has 44 heavy (non-hydrogen) atoms. The summed E-state index contributed by atoms with van der Waals surface area (Å²) in [5.41, 5.74) is 0.339. The van der Waals surface area contributed by atoms with Crippen molar-refractivity contribution in [2.75, 3.05) is 17.4 Å². The average molecular weight is 630 g/mol. The highest BCUT2D eigenvalue weighted by Gasteiger charge is 2.35. The van der Waals surface area contributed by atoms with E-state index in [1.54, 1.807) is 26.0 Å². The first-order valence-corrected chi connectivity index (χ1v) is 16.2. The van der Waals surface area contributed by atoms with E-state index in [1.807, 2.05) is 30.3 Å². The Morgan fingerprint density at radius 3 is 2.23 bits per heavy atom. The molecule has 3 aromatic carbocycles. The molecule has 0 bridgehead atoms. The number of amides is 2. The van der Waals surface area contributed by atoms with Gasteiger partial charge in [-0.05, 0) is 69.0 Å². The second-order valence-electron chi connectivity index (χ2n) is 11.2. The van der Waals surface area contributed by atoms with Gasteiger partial charge in [-0.25, -0.2) is 8.42 Å². The molecule has 1 aliphatic carbocycles. The molecule has 4 rings (SSSR count). The van der Waals surface area contributed by atoms with Crippen molar-refractivity contribution >= 4 is 27.5 Å². The summed E-state index contributed by atoms with van der Waals surface area (Å²) in [4.78, 5) is 28.5. The highest BCUT2D eigenvalue weighted by molar-refractivity contribution is 7.92. The maximum atomic E-state index is 14.0. The fraction of sp³-hybridized carbons (Fsp3) is 0.394. The minimum Gasteiger partial charge on any atom is -0.352 e. The quantitative estimate of drug-likeness (QED) is 0.277. The van der Waals surface area contributed by atoms with E-state index in [-0.39, 0.29) is 29.1 Å². The third kappa shape index (κ3) is 8.40. The molecular weight excluding hydrogens is 591 g/mol. The number of hydrogen-bond donors (Lipinski definition) is 1. The summed E-state index contributed by atoms with van der Waals surface area (Å²) in [6, 6.07) is 18.1. The van der Waals surface area contributed by atoms with Gasteiger partial charge in [0.2, 0.25) is 11.8 Å². The summed E-state index contributed by atoms with van der Waals surface area (Å²) >= 11 is 0. The van der Waals surface area contributed by atoms with Crippen molar-refractivity contribution in [3.8, 4) is 0 Å². The van der Waals surface area contributed by atoms with Crippen LogP contribution >= 0.6 is 0 Å². The van der Waals surface area contributed by atoms with E-state index in [0.29, 0.717) is 16.8 Å². The molecule has 1 N–H and O–H groups in total. The molecule has 1 aliphatic rings. The molecule has 7 nitrogen and oxygen atoms in total. The van der Waals surface area contributed by atoms with Crippen LogP contribution in [0.15, 0.2) is 83.8 Å². The Kier molecular flexibility index (Phi) is 10.7. The first-order valence-electron chi connectivity index (χ1n) is 14.8. The summed E-state index contributed by atoms with van der Waals surface area (Å²) in [6.45, 7) is 2.66. The van der Waals surface area contributed by atoms with Gasteiger partial charge in [-0.15, -0.1) is 0 Å². The summed E-state index contributed by atoms with van der Waals surface area (Å²) in [5, 5.41) is 3.03. The number of nitrogens with one attached hydrogen (secondary N) is 1. The van der Waals surface area contributed by atoms with Crippen molar-refractivity contribution in [1.82, 2.24) is 10.2 Å². The lowest BCUT2D eigenvalue weighted by molar-refractivity contribution is -0.139. The van der Waals surface area contributed by atoms with Crippen molar-refractivity contribution in [3.63, 3.8) is 0 Å². The second-order valence-corrected chi connectivity index (χ2v) is 13.1. The SMILES string of the molecule is Cc1ccc(S(=O)(=O)N(CC(=O)N(CCc2ccccc2)C(C)C(=O)NC2CCCCC2)c2cccc(C(F)(F)F)c2)cc1. The van der Waals surface area contributed by atoms with Crippen LogP contribution in [0.5, 0.6) is 0 Å². The minimum absolute atomic E-state index is 0.00621. The zero-order valence-electron chi connectivity index (χ0n) is 24.9. The Morgan fingerprint density at radius 1 is 0.932 bits per heavy atom. The van der Waals surface area contributed by atoms with Crippen molar-refractivity contribution < 1.29 is 31.2 Å². The molecule has 0 heterocycles. The van der Waals surface area contributed by atoms with Crippen LogP contribution in [0.25, 0.3) is 0 Å². The predicted molar refractivity (Wildman–Crippen MR) is 163 cm³/mol. The molecule has 11 heteroatoms. The first kappa shape index (κ1) is 33.0. The molecule has 1 unspecified atom stereocenters. The van der Waals surface area contributed by atoms with Gasteiger partial charge >= 0.3 is 6.18 Å². The van der Waals surface area contributed by atoms with Gasteiger partial charge in [0.05, 0.1) is 16.1 Å². The van der Waals surface area contributed by atoms with Crippen LogP contribution in [-0.4, -0.2) is 50.3 Å². The molecule has 0 spiro atoms. The number of anilines is 1. The molecule has 1 saturated carbocycles. The van der Waals surface area contributed by atoms with Crippen LogP contribution < -0.4 is 9.62 Å². The molecule has 0 saturated heterocycles. The van der Waals surface area contributed by atoms with Gasteiger partial charge in [0.15, 0.2) is 0 Å². The van der Waals surface area contributed by atoms with E-state index in [1.165, 1.54) is 23.1 Å². The molecule has 236 valence electrons. The van der Waals surface area contributed by atoms with Crippen LogP contribution in [0.1, 0.15) is 55.7 Å². The number of nitrogens with zero attached hydrogens (tertiary/aromatic N) is 2. The zero-order chi connectivity index (χ0) is 31.9. The molecular formula is C33H38F3N3O4S. The Morgan fingerprint density at radius 2 is 1.59 bits per heavy atom. The lowest BCUT2D eigenvalue weighted by Crippen LogP contribution is -2.53. The van der Waals surface area contributed by atoms with E-state index in [9.17, 15) is 31.2 Å². The normalized spacial score (nSPS) is 14.9. The topological polar surface area (TPSA) is 86.8 Å². The maximum absolute atomic E-state index is 14.0. The number of benzene rings is 3. The van der Waals surface area contributed by atoms with Crippen LogP contribution in [0, 0.1) is 6.92 Å². The second kappa shape index (κ2) is 14.3. The number of sulfonamides is 1. The van der Waals surface area contributed by atoms with Crippen LogP contribution in [0.3, 0.4) is 0 Å². The zero-order valence-corrected chi connectivity index (χ0v) is 25.7. The van der Waals surface area contributed by atoms with Gasteiger partial charge in [-0.2, -0.15) is 13.2 Å². The van der Waals surface area contributed by atoms with Gasteiger partial charge in [-0.3, -0.25) is 13.9 Å². The first-order chi connectivity index (χ1) is 20.9. The number of hydrogen-bond acceptors (Lipinski definition) is 4.